The normalized spacial score (nSPS) is 11.6. The zero-order valence-corrected chi connectivity index (χ0v) is 21.4. The monoisotopic (exact) mass is 525 g/mol. The molecule has 0 aliphatic carbocycles. The van der Waals surface area contributed by atoms with Crippen molar-refractivity contribution in [3.63, 3.8) is 0 Å². The number of carbonyl (C=O) groups excluding carboxylic acids is 1. The number of benzene rings is 2. The van der Waals surface area contributed by atoms with E-state index in [1.165, 1.54) is 6.33 Å². The average Bonchev–Trinajstić information content (AvgIpc) is 3.45. The van der Waals surface area contributed by atoms with Gasteiger partial charge in [-0.1, -0.05) is 42.2 Å². The minimum atomic E-state index is -0.579. The lowest BCUT2D eigenvalue weighted by Gasteiger charge is -2.21. The van der Waals surface area contributed by atoms with Gasteiger partial charge in [0, 0.05) is 47.3 Å². The predicted octanol–water partition coefficient (Wildman–Crippen LogP) is 3.90. The number of nitrogens with two attached hydrogens (primary N) is 1. The zero-order valence-electron chi connectivity index (χ0n) is 21.4. The van der Waals surface area contributed by atoms with Crippen molar-refractivity contribution in [1.82, 2.24) is 29.2 Å². The largest absolute Gasteiger partial charge is 0.383 e. The molecule has 9 heteroatoms. The molecule has 0 spiro atoms. The van der Waals surface area contributed by atoms with Crippen molar-refractivity contribution in [3.05, 3.63) is 131 Å². The molecular weight excluding hydrogens is 502 g/mol. The number of hydrogen-bond donors (Lipinski definition) is 2. The molecular formula is C31H23N7O2. The number of carbonyl (C=O) groups is 1. The molecule has 3 N–H and O–H groups in total. The van der Waals surface area contributed by atoms with Crippen LogP contribution in [-0.4, -0.2) is 29.8 Å². The Hall–Kier alpha value is -5.75. The van der Waals surface area contributed by atoms with Crippen LogP contribution in [0.2, 0.25) is 0 Å². The summed E-state index contributed by atoms with van der Waals surface area (Å²) in [6.45, 7) is 1.82. The highest BCUT2D eigenvalue weighted by atomic mass is 16.2. The van der Waals surface area contributed by atoms with Gasteiger partial charge < -0.3 is 11.1 Å². The molecule has 0 aliphatic rings. The lowest BCUT2D eigenvalue weighted by Crippen LogP contribution is -2.33. The molecule has 9 nitrogen and oxygen atoms in total. The number of nitrogen functional groups attached to an aromatic ring is 1. The zero-order chi connectivity index (χ0) is 27.6. The average molecular weight is 526 g/mol. The summed E-state index contributed by atoms with van der Waals surface area (Å²) in [5, 5.41) is 4.19. The molecule has 0 bridgehead atoms. The molecule has 4 aromatic heterocycles. The van der Waals surface area contributed by atoms with Crippen molar-refractivity contribution >= 4 is 28.1 Å². The third-order valence-corrected chi connectivity index (χ3v) is 6.58. The minimum absolute atomic E-state index is 0.0687. The third-order valence-electron chi connectivity index (χ3n) is 6.58. The molecule has 194 valence electrons. The number of anilines is 1. The summed E-state index contributed by atoms with van der Waals surface area (Å²) in [6.07, 6.45) is 8.12. The van der Waals surface area contributed by atoms with Crippen LogP contribution in [-0.2, 0) is 0 Å². The Kier molecular flexibility index (Phi) is 6.26. The topological polar surface area (TPSA) is 120 Å². The highest BCUT2D eigenvalue weighted by molar-refractivity contribution is 6.04. The summed E-state index contributed by atoms with van der Waals surface area (Å²) >= 11 is 0. The van der Waals surface area contributed by atoms with Gasteiger partial charge in [-0.05, 0) is 48.7 Å². The number of imidazole rings is 1. The number of amides is 1. The smallest absolute Gasteiger partial charge is 0.264 e. The van der Waals surface area contributed by atoms with Gasteiger partial charge in [0.25, 0.3) is 11.5 Å². The molecule has 0 saturated heterocycles. The van der Waals surface area contributed by atoms with Gasteiger partial charge in [-0.3, -0.25) is 23.5 Å². The summed E-state index contributed by atoms with van der Waals surface area (Å²) in [5.41, 5.74) is 9.00. The van der Waals surface area contributed by atoms with Crippen molar-refractivity contribution in [2.75, 3.05) is 5.73 Å². The molecule has 1 amide bonds. The Morgan fingerprint density at radius 1 is 1.00 bits per heavy atom. The van der Waals surface area contributed by atoms with Gasteiger partial charge in [0.1, 0.15) is 17.7 Å². The van der Waals surface area contributed by atoms with E-state index in [0.29, 0.717) is 33.4 Å². The summed E-state index contributed by atoms with van der Waals surface area (Å²) < 4.78 is 3.24. The van der Waals surface area contributed by atoms with Gasteiger partial charge in [-0.15, -0.1) is 0 Å². The quantitative estimate of drug-likeness (QED) is 0.337. The maximum absolute atomic E-state index is 14.2. The molecule has 0 unspecified atom stereocenters. The van der Waals surface area contributed by atoms with Crippen LogP contribution >= 0.6 is 0 Å². The number of aromatic nitrogens is 5. The first-order valence-electron chi connectivity index (χ1n) is 12.6. The Balaban J connectivity index is 1.48. The van der Waals surface area contributed by atoms with Gasteiger partial charge in [-0.2, -0.15) is 0 Å². The summed E-state index contributed by atoms with van der Waals surface area (Å²) in [5.74, 6) is 5.86. The van der Waals surface area contributed by atoms with Crippen LogP contribution < -0.4 is 16.6 Å². The maximum atomic E-state index is 14.2. The third kappa shape index (κ3) is 4.44. The Morgan fingerprint density at radius 3 is 2.65 bits per heavy atom. The van der Waals surface area contributed by atoms with Crippen molar-refractivity contribution < 1.29 is 4.79 Å². The predicted molar refractivity (Wildman–Crippen MR) is 153 cm³/mol. The van der Waals surface area contributed by atoms with Crippen molar-refractivity contribution in [1.29, 1.82) is 0 Å². The maximum Gasteiger partial charge on any atom is 0.264 e. The molecule has 4 heterocycles. The summed E-state index contributed by atoms with van der Waals surface area (Å²) in [4.78, 5) is 40.1. The standard InChI is InChI=1S/C31H23N7O2/c1-20(36-30(39)27-28(32)35-19-37-16-15-34-29(27)37)25-17-23-9-5-8-22(13-12-21-7-6-14-33-18-21)26(23)31(40)38(25)24-10-3-2-4-11-24/h2-11,14-20H,32H2,1H3,(H,36,39)/t20-/m0/s1. The van der Waals surface area contributed by atoms with Gasteiger partial charge in [0.15, 0.2) is 5.65 Å². The van der Waals surface area contributed by atoms with Crippen LogP contribution in [0, 0.1) is 11.8 Å². The van der Waals surface area contributed by atoms with E-state index >= 15 is 0 Å². The minimum Gasteiger partial charge on any atom is -0.383 e. The first-order chi connectivity index (χ1) is 19.5. The van der Waals surface area contributed by atoms with Crippen molar-refractivity contribution in [3.8, 4) is 17.5 Å². The number of fused-ring (bicyclic) bond motifs is 2. The molecule has 0 aliphatic heterocycles. The van der Waals surface area contributed by atoms with E-state index in [1.807, 2.05) is 73.7 Å². The van der Waals surface area contributed by atoms with E-state index in [9.17, 15) is 9.59 Å². The summed E-state index contributed by atoms with van der Waals surface area (Å²) in [6, 6.07) is 19.9. The van der Waals surface area contributed by atoms with Crippen molar-refractivity contribution in [2.24, 2.45) is 0 Å². The molecule has 40 heavy (non-hydrogen) atoms. The van der Waals surface area contributed by atoms with Gasteiger partial charge in [0.05, 0.1) is 11.4 Å². The van der Waals surface area contributed by atoms with Crippen LogP contribution in [0.15, 0.2) is 103 Å². The van der Waals surface area contributed by atoms with Gasteiger partial charge in [0.2, 0.25) is 0 Å². The molecule has 0 radical (unpaired) electrons. The lowest BCUT2D eigenvalue weighted by atomic mass is 10.0. The van der Waals surface area contributed by atoms with Crippen LogP contribution in [0.3, 0.4) is 0 Å². The number of pyridine rings is 2. The second-order valence-corrected chi connectivity index (χ2v) is 9.16. The SMILES string of the molecule is C[C@H](NC(=O)c1c(N)ncn2ccnc12)c1cc2cccc(C#Cc3cccnc3)c2c(=O)n1-c1ccccc1. The second-order valence-electron chi connectivity index (χ2n) is 9.16. The highest BCUT2D eigenvalue weighted by Gasteiger charge is 2.23. The van der Waals surface area contributed by atoms with Crippen LogP contribution in [0.4, 0.5) is 5.82 Å². The molecule has 2 aromatic carbocycles. The molecule has 1 atom stereocenters. The number of rotatable bonds is 4. The fourth-order valence-corrected chi connectivity index (χ4v) is 4.69. The number of nitrogens with zero attached hydrogens (tertiary/aromatic N) is 5. The van der Waals surface area contributed by atoms with Gasteiger partial charge in [-0.25, -0.2) is 9.97 Å². The van der Waals surface area contributed by atoms with E-state index in [-0.39, 0.29) is 16.9 Å². The van der Waals surface area contributed by atoms with Gasteiger partial charge >= 0.3 is 0 Å². The Morgan fingerprint density at radius 2 is 1.85 bits per heavy atom. The molecule has 6 aromatic rings. The van der Waals surface area contributed by atoms with E-state index in [0.717, 1.165) is 5.56 Å². The van der Waals surface area contributed by atoms with E-state index in [4.69, 9.17) is 5.73 Å². The van der Waals surface area contributed by atoms with E-state index in [2.05, 4.69) is 32.1 Å². The Labute approximate surface area is 229 Å². The van der Waals surface area contributed by atoms with Crippen LogP contribution in [0.25, 0.3) is 22.1 Å². The fourth-order valence-electron chi connectivity index (χ4n) is 4.69. The van der Waals surface area contributed by atoms with Crippen molar-refractivity contribution in [2.45, 2.75) is 13.0 Å². The number of nitrogens with one attached hydrogen (secondary N) is 1. The highest BCUT2D eigenvalue weighted by Crippen LogP contribution is 2.24. The fraction of sp³-hybridized carbons (Fsp3) is 0.0645. The summed E-state index contributed by atoms with van der Waals surface area (Å²) in [7, 11) is 0. The lowest BCUT2D eigenvalue weighted by molar-refractivity contribution is 0.0940. The van der Waals surface area contributed by atoms with Crippen LogP contribution in [0.5, 0.6) is 0 Å². The van der Waals surface area contributed by atoms with Crippen LogP contribution in [0.1, 0.15) is 40.1 Å². The number of para-hydroxylation sites is 1. The van der Waals surface area contributed by atoms with E-state index in [1.54, 1.807) is 33.8 Å². The second kappa shape index (κ2) is 10.2. The number of hydrogen-bond acceptors (Lipinski definition) is 6. The first kappa shape index (κ1) is 24.6. The Bertz CT molecular complexity index is 2000. The molecule has 0 saturated carbocycles. The molecule has 0 fully saturated rings. The first-order valence-corrected chi connectivity index (χ1v) is 12.6. The molecule has 6 rings (SSSR count). The van der Waals surface area contributed by atoms with E-state index < -0.39 is 11.9 Å².